The minimum Gasteiger partial charge on any atom is -0.361 e. The number of rotatable bonds is 6. The van der Waals surface area contributed by atoms with E-state index < -0.39 is 0 Å². The summed E-state index contributed by atoms with van der Waals surface area (Å²) in [6.45, 7) is 7.01. The highest BCUT2D eigenvalue weighted by Gasteiger charge is 2.09. The number of carbonyl (C=O) groups excluding carboxylic acids is 1. The maximum absolute atomic E-state index is 11.9. The lowest BCUT2D eigenvalue weighted by atomic mass is 10.1. The Morgan fingerprint density at radius 2 is 1.91 bits per heavy atom. The van der Waals surface area contributed by atoms with Crippen molar-refractivity contribution in [2.24, 2.45) is 0 Å². The maximum Gasteiger partial charge on any atom is 0.315 e. The van der Waals surface area contributed by atoms with Gasteiger partial charge < -0.3 is 15.2 Å². The van der Waals surface area contributed by atoms with Crippen molar-refractivity contribution in [3.05, 3.63) is 52.4 Å². The summed E-state index contributed by atoms with van der Waals surface area (Å²) in [5.74, 6) is 0.816. The van der Waals surface area contributed by atoms with E-state index in [0.717, 1.165) is 35.4 Å². The highest BCUT2D eigenvalue weighted by Crippen LogP contribution is 2.12. The average Bonchev–Trinajstić information content (AvgIpc) is 2.85. The zero-order valence-corrected chi connectivity index (χ0v) is 13.4. The van der Waals surface area contributed by atoms with Crippen molar-refractivity contribution in [1.82, 2.24) is 15.8 Å². The number of nitrogens with one attached hydrogen (secondary N) is 2. The SMILES string of the molecule is CCc1ccccc1CNC(=O)NCCc1c(C)noc1C. The third-order valence-corrected chi connectivity index (χ3v) is 3.78. The van der Waals surface area contributed by atoms with E-state index >= 15 is 0 Å². The van der Waals surface area contributed by atoms with Crippen LogP contribution in [0.4, 0.5) is 4.79 Å². The van der Waals surface area contributed by atoms with Gasteiger partial charge in [0.2, 0.25) is 0 Å². The average molecular weight is 301 g/mol. The van der Waals surface area contributed by atoms with E-state index in [4.69, 9.17) is 4.52 Å². The van der Waals surface area contributed by atoms with E-state index in [-0.39, 0.29) is 6.03 Å². The van der Waals surface area contributed by atoms with E-state index in [1.165, 1.54) is 5.56 Å². The molecule has 2 aromatic rings. The fraction of sp³-hybridized carbons (Fsp3) is 0.412. The van der Waals surface area contributed by atoms with Gasteiger partial charge in [-0.15, -0.1) is 0 Å². The fourth-order valence-corrected chi connectivity index (χ4v) is 2.47. The van der Waals surface area contributed by atoms with Gasteiger partial charge in [0.15, 0.2) is 0 Å². The number of hydrogen-bond donors (Lipinski definition) is 2. The molecule has 0 fully saturated rings. The third kappa shape index (κ3) is 4.10. The standard InChI is InChI=1S/C17H23N3O2/c1-4-14-7-5-6-8-15(14)11-19-17(21)18-10-9-16-12(2)20-22-13(16)3/h5-8H,4,9-11H2,1-3H3,(H2,18,19,21). The minimum absolute atomic E-state index is 0.155. The van der Waals surface area contributed by atoms with E-state index in [0.29, 0.717) is 13.1 Å². The topological polar surface area (TPSA) is 67.2 Å². The molecule has 0 radical (unpaired) electrons. The summed E-state index contributed by atoms with van der Waals surface area (Å²) >= 11 is 0. The second-order valence-corrected chi connectivity index (χ2v) is 5.28. The van der Waals surface area contributed by atoms with Gasteiger partial charge >= 0.3 is 6.03 Å². The molecule has 2 N–H and O–H groups in total. The summed E-state index contributed by atoms with van der Waals surface area (Å²) in [6, 6.07) is 7.99. The largest absolute Gasteiger partial charge is 0.361 e. The quantitative estimate of drug-likeness (QED) is 0.862. The molecule has 5 nitrogen and oxygen atoms in total. The van der Waals surface area contributed by atoms with Crippen molar-refractivity contribution in [2.75, 3.05) is 6.54 Å². The molecule has 2 rings (SSSR count). The van der Waals surface area contributed by atoms with Gasteiger partial charge in [-0.2, -0.15) is 0 Å². The van der Waals surface area contributed by atoms with Crippen LogP contribution in [0.1, 0.15) is 35.1 Å². The van der Waals surface area contributed by atoms with Crippen molar-refractivity contribution < 1.29 is 9.32 Å². The normalized spacial score (nSPS) is 10.5. The van der Waals surface area contributed by atoms with Gasteiger partial charge in [0.05, 0.1) is 5.69 Å². The van der Waals surface area contributed by atoms with Crippen molar-refractivity contribution in [1.29, 1.82) is 0 Å². The first-order valence-corrected chi connectivity index (χ1v) is 7.62. The number of hydrogen-bond acceptors (Lipinski definition) is 3. The van der Waals surface area contributed by atoms with Crippen LogP contribution < -0.4 is 10.6 Å². The predicted octanol–water partition coefficient (Wildman–Crippen LogP) is 2.90. The number of aromatic nitrogens is 1. The molecular formula is C17H23N3O2. The van der Waals surface area contributed by atoms with Gasteiger partial charge in [-0.1, -0.05) is 36.3 Å². The number of amides is 2. The second kappa shape index (κ2) is 7.64. The molecular weight excluding hydrogens is 278 g/mol. The van der Waals surface area contributed by atoms with Crippen LogP contribution in [0.5, 0.6) is 0 Å². The molecule has 0 unspecified atom stereocenters. The number of aryl methyl sites for hydroxylation is 3. The van der Waals surface area contributed by atoms with Gasteiger partial charge in [-0.05, 0) is 37.8 Å². The van der Waals surface area contributed by atoms with Crippen LogP contribution in [-0.4, -0.2) is 17.7 Å². The van der Waals surface area contributed by atoms with E-state index in [2.05, 4.69) is 28.8 Å². The summed E-state index contributed by atoms with van der Waals surface area (Å²) < 4.78 is 5.11. The Balaban J connectivity index is 1.77. The van der Waals surface area contributed by atoms with Crippen LogP contribution in [-0.2, 0) is 19.4 Å². The summed E-state index contributed by atoms with van der Waals surface area (Å²) in [5.41, 5.74) is 4.37. The van der Waals surface area contributed by atoms with Gasteiger partial charge in [-0.3, -0.25) is 0 Å². The van der Waals surface area contributed by atoms with Gasteiger partial charge in [0.25, 0.3) is 0 Å². The smallest absolute Gasteiger partial charge is 0.315 e. The molecule has 0 saturated heterocycles. The molecule has 0 atom stereocenters. The molecule has 0 aliphatic heterocycles. The van der Waals surface area contributed by atoms with Crippen molar-refractivity contribution in [3.8, 4) is 0 Å². The molecule has 1 heterocycles. The fourth-order valence-electron chi connectivity index (χ4n) is 2.47. The molecule has 22 heavy (non-hydrogen) atoms. The van der Waals surface area contributed by atoms with E-state index in [1.807, 2.05) is 32.0 Å². The number of benzene rings is 1. The lowest BCUT2D eigenvalue weighted by Crippen LogP contribution is -2.36. The molecule has 1 aromatic heterocycles. The molecule has 2 amide bonds. The predicted molar refractivity (Wildman–Crippen MR) is 85.7 cm³/mol. The Morgan fingerprint density at radius 1 is 1.18 bits per heavy atom. The third-order valence-electron chi connectivity index (χ3n) is 3.78. The van der Waals surface area contributed by atoms with Gasteiger partial charge in [0.1, 0.15) is 5.76 Å². The highest BCUT2D eigenvalue weighted by atomic mass is 16.5. The van der Waals surface area contributed by atoms with Crippen molar-refractivity contribution in [3.63, 3.8) is 0 Å². The zero-order valence-electron chi connectivity index (χ0n) is 13.4. The van der Waals surface area contributed by atoms with E-state index in [9.17, 15) is 4.79 Å². The molecule has 118 valence electrons. The molecule has 1 aromatic carbocycles. The van der Waals surface area contributed by atoms with Crippen LogP contribution in [0.25, 0.3) is 0 Å². The molecule has 0 bridgehead atoms. The van der Waals surface area contributed by atoms with Crippen LogP contribution >= 0.6 is 0 Å². The maximum atomic E-state index is 11.9. The first kappa shape index (κ1) is 16.1. The molecule has 0 aliphatic carbocycles. The second-order valence-electron chi connectivity index (χ2n) is 5.28. The Labute approximate surface area is 131 Å². The lowest BCUT2D eigenvalue weighted by Gasteiger charge is -2.10. The molecule has 0 saturated carbocycles. The van der Waals surface area contributed by atoms with Crippen LogP contribution in [0.3, 0.4) is 0 Å². The number of nitrogens with zero attached hydrogens (tertiary/aromatic N) is 1. The van der Waals surface area contributed by atoms with Crippen LogP contribution in [0.2, 0.25) is 0 Å². The highest BCUT2D eigenvalue weighted by molar-refractivity contribution is 5.73. The lowest BCUT2D eigenvalue weighted by molar-refractivity contribution is 0.240. The van der Waals surface area contributed by atoms with Crippen molar-refractivity contribution in [2.45, 2.75) is 40.2 Å². The first-order chi connectivity index (χ1) is 10.6. The van der Waals surface area contributed by atoms with Crippen molar-refractivity contribution >= 4 is 6.03 Å². The summed E-state index contributed by atoms with van der Waals surface area (Å²) in [7, 11) is 0. The Bertz CT molecular complexity index is 615. The first-order valence-electron chi connectivity index (χ1n) is 7.62. The monoisotopic (exact) mass is 301 g/mol. The molecule has 0 spiro atoms. The molecule has 0 aliphatic rings. The number of urea groups is 1. The Morgan fingerprint density at radius 3 is 2.55 bits per heavy atom. The summed E-state index contributed by atoms with van der Waals surface area (Å²) in [4.78, 5) is 11.9. The Hall–Kier alpha value is -2.30. The summed E-state index contributed by atoms with van der Waals surface area (Å²) in [5, 5.41) is 9.66. The van der Waals surface area contributed by atoms with Gasteiger partial charge in [0, 0.05) is 18.7 Å². The minimum atomic E-state index is -0.155. The Kier molecular flexibility index (Phi) is 5.58. The van der Waals surface area contributed by atoms with Crippen LogP contribution in [0, 0.1) is 13.8 Å². The molecule has 5 heteroatoms. The zero-order chi connectivity index (χ0) is 15.9. The van der Waals surface area contributed by atoms with Gasteiger partial charge in [-0.25, -0.2) is 4.79 Å². The summed E-state index contributed by atoms with van der Waals surface area (Å²) in [6.07, 6.45) is 1.69. The van der Waals surface area contributed by atoms with E-state index in [1.54, 1.807) is 0 Å². The van der Waals surface area contributed by atoms with Crippen LogP contribution in [0.15, 0.2) is 28.8 Å². The number of carbonyl (C=O) groups is 1.